The summed E-state index contributed by atoms with van der Waals surface area (Å²) in [6.45, 7) is 2.25. The summed E-state index contributed by atoms with van der Waals surface area (Å²) in [5, 5.41) is 3.81. The van der Waals surface area contributed by atoms with E-state index in [1.54, 1.807) is 17.6 Å². The van der Waals surface area contributed by atoms with Gasteiger partial charge in [-0.3, -0.25) is 0 Å². The summed E-state index contributed by atoms with van der Waals surface area (Å²) in [4.78, 5) is 8.29. The molecule has 0 spiro atoms. The zero-order valence-corrected chi connectivity index (χ0v) is 10.3. The maximum atomic E-state index is 13.3. The van der Waals surface area contributed by atoms with Gasteiger partial charge in [0, 0.05) is 19.9 Å². The number of benzene rings is 1. The Labute approximate surface area is 108 Å². The summed E-state index contributed by atoms with van der Waals surface area (Å²) in [6.07, 6.45) is 0.545. The molecular weight excluding hydrogens is 249 g/mol. The van der Waals surface area contributed by atoms with Crippen molar-refractivity contribution in [3.63, 3.8) is 0 Å². The third-order valence-corrected chi connectivity index (χ3v) is 2.87. The zero-order valence-electron chi connectivity index (χ0n) is 10.3. The Morgan fingerprint density at radius 2 is 2.21 bits per heavy atom. The van der Waals surface area contributed by atoms with Crippen molar-refractivity contribution >= 4 is 17.0 Å². The van der Waals surface area contributed by atoms with Crippen LogP contribution in [0.25, 0.3) is 11.0 Å². The summed E-state index contributed by atoms with van der Waals surface area (Å²) < 4.78 is 19.9. The molecule has 7 heteroatoms. The molecule has 0 aliphatic carbocycles. The third-order valence-electron chi connectivity index (χ3n) is 2.87. The first-order valence-corrected chi connectivity index (χ1v) is 5.84. The zero-order chi connectivity index (χ0) is 13.4. The Morgan fingerprint density at radius 3 is 2.95 bits per heavy atom. The van der Waals surface area contributed by atoms with Gasteiger partial charge in [0.1, 0.15) is 5.82 Å². The molecule has 0 saturated heterocycles. The summed E-state index contributed by atoms with van der Waals surface area (Å²) in [6, 6.07) is 4.39. The highest BCUT2D eigenvalue weighted by Gasteiger charge is 2.10. The quantitative estimate of drug-likeness (QED) is 0.775. The van der Waals surface area contributed by atoms with E-state index >= 15 is 0 Å². The van der Waals surface area contributed by atoms with Gasteiger partial charge in [-0.2, -0.15) is 4.98 Å². The predicted octanol–water partition coefficient (Wildman–Crippen LogP) is 1.69. The fraction of sp³-hybridized carbons (Fsp3) is 0.250. The van der Waals surface area contributed by atoms with Crippen LogP contribution in [0.4, 0.5) is 10.3 Å². The van der Waals surface area contributed by atoms with Gasteiger partial charge in [0.25, 0.3) is 0 Å². The average Bonchev–Trinajstić information content (AvgIpc) is 2.90. The van der Waals surface area contributed by atoms with E-state index in [-0.39, 0.29) is 5.82 Å². The van der Waals surface area contributed by atoms with Crippen LogP contribution in [0, 0.1) is 12.7 Å². The number of fused-ring (bicyclic) bond motifs is 1. The fourth-order valence-electron chi connectivity index (χ4n) is 2.00. The molecule has 1 aromatic carbocycles. The molecule has 2 N–H and O–H groups in total. The minimum atomic E-state index is -0.316. The van der Waals surface area contributed by atoms with Crippen molar-refractivity contribution in [2.75, 3.05) is 5.73 Å². The molecule has 0 fully saturated rings. The molecule has 0 radical (unpaired) electrons. The second-order valence-electron chi connectivity index (χ2n) is 4.23. The molecule has 2 heterocycles. The number of rotatable bonds is 3. The van der Waals surface area contributed by atoms with Crippen LogP contribution in [0.3, 0.4) is 0 Å². The van der Waals surface area contributed by atoms with Crippen LogP contribution in [0.15, 0.2) is 22.7 Å². The van der Waals surface area contributed by atoms with E-state index in [2.05, 4.69) is 15.1 Å². The van der Waals surface area contributed by atoms with Crippen LogP contribution in [0.1, 0.15) is 11.7 Å². The Balaban J connectivity index is 1.91. The standard InChI is InChI=1S/C12H12FN5O/c1-7-15-11(17-19-7)4-5-18-10-6-8(13)2-3-9(10)16-12(18)14/h2-3,6H,4-5H2,1H3,(H2,14,16). The van der Waals surface area contributed by atoms with Gasteiger partial charge in [0.2, 0.25) is 11.8 Å². The average molecular weight is 261 g/mol. The first-order chi connectivity index (χ1) is 9.13. The van der Waals surface area contributed by atoms with Crippen molar-refractivity contribution in [3.05, 3.63) is 35.7 Å². The molecule has 19 heavy (non-hydrogen) atoms. The first kappa shape index (κ1) is 11.6. The van der Waals surface area contributed by atoms with Crippen molar-refractivity contribution < 1.29 is 8.91 Å². The molecule has 0 amide bonds. The van der Waals surface area contributed by atoms with Gasteiger partial charge >= 0.3 is 0 Å². The summed E-state index contributed by atoms with van der Waals surface area (Å²) in [5.74, 6) is 1.14. The molecule has 6 nitrogen and oxygen atoms in total. The lowest BCUT2D eigenvalue weighted by Gasteiger charge is -2.04. The molecule has 0 atom stereocenters. The maximum absolute atomic E-state index is 13.3. The van der Waals surface area contributed by atoms with Gasteiger partial charge in [0.05, 0.1) is 11.0 Å². The van der Waals surface area contributed by atoms with E-state index in [1.165, 1.54) is 12.1 Å². The molecule has 0 aliphatic rings. The molecule has 0 saturated carbocycles. The number of aryl methyl sites for hydroxylation is 3. The summed E-state index contributed by atoms with van der Waals surface area (Å²) in [7, 11) is 0. The number of anilines is 1. The smallest absolute Gasteiger partial charge is 0.223 e. The van der Waals surface area contributed by atoms with E-state index in [1.807, 2.05) is 0 Å². The Kier molecular flexibility index (Phi) is 2.66. The minimum absolute atomic E-state index is 0.316. The highest BCUT2D eigenvalue weighted by Crippen LogP contribution is 2.19. The van der Waals surface area contributed by atoms with Crippen molar-refractivity contribution in [3.8, 4) is 0 Å². The predicted molar refractivity (Wildman–Crippen MR) is 66.8 cm³/mol. The van der Waals surface area contributed by atoms with Crippen LogP contribution in [-0.4, -0.2) is 19.7 Å². The maximum Gasteiger partial charge on any atom is 0.223 e. The number of aromatic nitrogens is 4. The van der Waals surface area contributed by atoms with Crippen LogP contribution >= 0.6 is 0 Å². The summed E-state index contributed by atoms with van der Waals surface area (Å²) >= 11 is 0. The van der Waals surface area contributed by atoms with Crippen molar-refractivity contribution in [2.45, 2.75) is 19.9 Å². The normalized spacial score (nSPS) is 11.3. The first-order valence-electron chi connectivity index (χ1n) is 5.84. The molecule has 0 unspecified atom stereocenters. The van der Waals surface area contributed by atoms with E-state index < -0.39 is 0 Å². The second-order valence-corrected chi connectivity index (χ2v) is 4.23. The number of imidazole rings is 1. The summed E-state index contributed by atoms with van der Waals surface area (Å²) in [5.41, 5.74) is 7.17. The Morgan fingerprint density at radius 1 is 1.37 bits per heavy atom. The second kappa shape index (κ2) is 4.34. The lowest BCUT2D eigenvalue weighted by atomic mass is 10.3. The minimum Gasteiger partial charge on any atom is -0.369 e. The molecular formula is C12H12FN5O. The van der Waals surface area contributed by atoms with Crippen LogP contribution < -0.4 is 5.73 Å². The fourth-order valence-corrected chi connectivity index (χ4v) is 2.00. The number of hydrogen-bond acceptors (Lipinski definition) is 5. The topological polar surface area (TPSA) is 82.8 Å². The van der Waals surface area contributed by atoms with E-state index in [9.17, 15) is 4.39 Å². The number of nitrogens with two attached hydrogens (primary N) is 1. The molecule has 98 valence electrons. The van der Waals surface area contributed by atoms with Gasteiger partial charge in [0.15, 0.2) is 5.82 Å². The van der Waals surface area contributed by atoms with Crippen LogP contribution in [0.5, 0.6) is 0 Å². The highest BCUT2D eigenvalue weighted by molar-refractivity contribution is 5.78. The molecule has 0 aliphatic heterocycles. The highest BCUT2D eigenvalue weighted by atomic mass is 19.1. The van der Waals surface area contributed by atoms with Crippen molar-refractivity contribution in [2.24, 2.45) is 0 Å². The Bertz CT molecular complexity index is 733. The molecule has 0 bridgehead atoms. The van der Waals surface area contributed by atoms with Crippen molar-refractivity contribution in [1.82, 2.24) is 19.7 Å². The van der Waals surface area contributed by atoms with Gasteiger partial charge < -0.3 is 14.8 Å². The van der Waals surface area contributed by atoms with E-state index in [4.69, 9.17) is 10.3 Å². The molecule has 2 aromatic heterocycles. The monoisotopic (exact) mass is 261 g/mol. The van der Waals surface area contributed by atoms with Gasteiger partial charge in [-0.05, 0) is 18.2 Å². The number of nitrogens with zero attached hydrogens (tertiary/aromatic N) is 4. The lowest BCUT2D eigenvalue weighted by molar-refractivity contribution is 0.386. The number of halogens is 1. The van der Waals surface area contributed by atoms with E-state index in [0.29, 0.717) is 41.7 Å². The number of nitrogen functional groups attached to an aromatic ring is 1. The van der Waals surface area contributed by atoms with Gasteiger partial charge in [-0.1, -0.05) is 5.16 Å². The largest absolute Gasteiger partial charge is 0.369 e. The molecule has 3 rings (SSSR count). The van der Waals surface area contributed by atoms with Gasteiger partial charge in [-0.25, -0.2) is 9.37 Å². The molecule has 3 aromatic rings. The SMILES string of the molecule is Cc1nc(CCn2c(N)nc3ccc(F)cc32)no1. The van der Waals surface area contributed by atoms with E-state index in [0.717, 1.165) is 0 Å². The van der Waals surface area contributed by atoms with Crippen LogP contribution in [0.2, 0.25) is 0 Å². The van der Waals surface area contributed by atoms with Crippen molar-refractivity contribution in [1.29, 1.82) is 0 Å². The lowest BCUT2D eigenvalue weighted by Crippen LogP contribution is -2.06. The Hall–Kier alpha value is -2.44. The third kappa shape index (κ3) is 2.14. The van der Waals surface area contributed by atoms with Gasteiger partial charge in [-0.15, -0.1) is 0 Å². The van der Waals surface area contributed by atoms with Crippen LogP contribution in [-0.2, 0) is 13.0 Å². The number of hydrogen-bond donors (Lipinski definition) is 1.